The third-order valence-electron chi connectivity index (χ3n) is 6.69. The van der Waals surface area contributed by atoms with Crippen molar-refractivity contribution < 1.29 is 4.39 Å². The second-order valence-electron chi connectivity index (χ2n) is 9.04. The molecule has 168 valence electrons. The van der Waals surface area contributed by atoms with Crippen molar-refractivity contribution in [3.05, 3.63) is 66.4 Å². The topological polar surface area (TPSA) is 73.5 Å². The third-order valence-corrected chi connectivity index (χ3v) is 6.69. The Morgan fingerprint density at radius 3 is 2.64 bits per heavy atom. The smallest absolute Gasteiger partial charge is 0.223 e. The maximum absolute atomic E-state index is 13.6. The molecule has 7 nitrogen and oxygen atoms in total. The van der Waals surface area contributed by atoms with Gasteiger partial charge in [-0.3, -0.25) is 0 Å². The second kappa shape index (κ2) is 8.10. The molecule has 4 heterocycles. The van der Waals surface area contributed by atoms with Gasteiger partial charge < -0.3 is 14.5 Å². The molecule has 1 saturated carbocycles. The molecule has 0 spiro atoms. The Morgan fingerprint density at radius 2 is 1.91 bits per heavy atom. The van der Waals surface area contributed by atoms with Gasteiger partial charge in [0, 0.05) is 37.0 Å². The number of nitrogens with one attached hydrogen (secondary N) is 1. The van der Waals surface area contributed by atoms with E-state index in [0.29, 0.717) is 12.0 Å². The van der Waals surface area contributed by atoms with Crippen LogP contribution < -0.4 is 5.32 Å². The highest BCUT2D eigenvalue weighted by atomic mass is 19.1. The minimum atomic E-state index is -0.255. The summed E-state index contributed by atoms with van der Waals surface area (Å²) in [5, 5.41) is 3.46. The zero-order chi connectivity index (χ0) is 22.4. The lowest BCUT2D eigenvalue weighted by molar-refractivity contribution is 0.443. The maximum Gasteiger partial charge on any atom is 0.223 e. The number of rotatable bonds is 6. The van der Waals surface area contributed by atoms with E-state index in [4.69, 9.17) is 9.97 Å². The molecule has 3 aromatic heterocycles. The number of hydrogen-bond donors (Lipinski definition) is 1. The van der Waals surface area contributed by atoms with E-state index >= 15 is 0 Å². The number of imidazole rings is 2. The Morgan fingerprint density at radius 1 is 1.06 bits per heavy atom. The summed E-state index contributed by atoms with van der Waals surface area (Å²) in [6.07, 6.45) is 11.2. The van der Waals surface area contributed by atoms with Crippen LogP contribution in [0.3, 0.4) is 0 Å². The molecule has 8 heteroatoms. The number of aromatic nitrogens is 6. The predicted molar refractivity (Wildman–Crippen MR) is 124 cm³/mol. The van der Waals surface area contributed by atoms with E-state index in [1.54, 1.807) is 18.3 Å². The van der Waals surface area contributed by atoms with Gasteiger partial charge in [0.2, 0.25) is 5.95 Å². The van der Waals surface area contributed by atoms with Gasteiger partial charge in [-0.2, -0.15) is 0 Å². The summed E-state index contributed by atoms with van der Waals surface area (Å²) in [7, 11) is 0. The van der Waals surface area contributed by atoms with Crippen molar-refractivity contribution >= 4 is 5.95 Å². The lowest BCUT2D eigenvalue weighted by atomic mass is 9.93. The summed E-state index contributed by atoms with van der Waals surface area (Å²) in [5.74, 6) is 1.44. The molecule has 1 aliphatic carbocycles. The first kappa shape index (κ1) is 20.1. The first-order valence-electron chi connectivity index (χ1n) is 11.6. The van der Waals surface area contributed by atoms with Gasteiger partial charge in [0.05, 0.1) is 35.1 Å². The SMILES string of the molecule is Cc1cn(CC2CCc3nc(-c4ccc(F)cc4)c(-c4ccnc(NC5CCC5)n4)n32)cn1. The largest absolute Gasteiger partial charge is 0.351 e. The molecule has 4 aromatic rings. The van der Waals surface area contributed by atoms with E-state index in [0.717, 1.165) is 66.4 Å². The zero-order valence-electron chi connectivity index (χ0n) is 18.6. The molecule has 1 aromatic carbocycles. The Balaban J connectivity index is 1.45. The van der Waals surface area contributed by atoms with Crippen molar-refractivity contribution in [1.82, 2.24) is 29.1 Å². The first-order valence-corrected chi connectivity index (χ1v) is 11.6. The Labute approximate surface area is 191 Å². The number of hydrogen-bond acceptors (Lipinski definition) is 5. The molecule has 1 aliphatic heterocycles. The molecule has 33 heavy (non-hydrogen) atoms. The molecule has 1 N–H and O–H groups in total. The molecule has 0 radical (unpaired) electrons. The van der Waals surface area contributed by atoms with E-state index in [-0.39, 0.29) is 11.9 Å². The monoisotopic (exact) mass is 443 g/mol. The fourth-order valence-electron chi connectivity index (χ4n) is 4.81. The molecule has 0 bridgehead atoms. The number of benzene rings is 1. The van der Waals surface area contributed by atoms with Crippen LogP contribution in [-0.4, -0.2) is 35.1 Å². The van der Waals surface area contributed by atoms with Gasteiger partial charge in [0.1, 0.15) is 11.6 Å². The average Bonchev–Trinajstić information content (AvgIpc) is 3.48. The molecular weight excluding hydrogens is 417 g/mol. The average molecular weight is 444 g/mol. The third kappa shape index (κ3) is 3.79. The molecular formula is C25H26FN7. The minimum Gasteiger partial charge on any atom is -0.351 e. The van der Waals surface area contributed by atoms with E-state index in [1.165, 1.54) is 18.6 Å². The van der Waals surface area contributed by atoms with Crippen LogP contribution in [0.1, 0.15) is 43.2 Å². The van der Waals surface area contributed by atoms with Crippen LogP contribution in [0, 0.1) is 12.7 Å². The number of anilines is 1. The van der Waals surface area contributed by atoms with E-state index in [9.17, 15) is 4.39 Å². The predicted octanol–water partition coefficient (Wildman–Crippen LogP) is 4.80. The summed E-state index contributed by atoms with van der Waals surface area (Å²) >= 11 is 0. The quantitative estimate of drug-likeness (QED) is 0.463. The van der Waals surface area contributed by atoms with Crippen LogP contribution in [0.2, 0.25) is 0 Å². The van der Waals surface area contributed by atoms with Crippen molar-refractivity contribution in [2.24, 2.45) is 0 Å². The van der Waals surface area contributed by atoms with Gasteiger partial charge in [-0.25, -0.2) is 24.3 Å². The molecule has 6 rings (SSSR count). The molecule has 2 aliphatic rings. The van der Waals surface area contributed by atoms with Crippen molar-refractivity contribution in [3.63, 3.8) is 0 Å². The van der Waals surface area contributed by atoms with Gasteiger partial charge in [0.25, 0.3) is 0 Å². The normalized spacial score (nSPS) is 17.7. The van der Waals surface area contributed by atoms with Gasteiger partial charge >= 0.3 is 0 Å². The molecule has 1 unspecified atom stereocenters. The van der Waals surface area contributed by atoms with Crippen LogP contribution in [0.25, 0.3) is 22.6 Å². The van der Waals surface area contributed by atoms with Crippen LogP contribution >= 0.6 is 0 Å². The highest BCUT2D eigenvalue weighted by molar-refractivity contribution is 5.78. The lowest BCUT2D eigenvalue weighted by Gasteiger charge is -2.26. The minimum absolute atomic E-state index is 0.239. The Bertz CT molecular complexity index is 1290. The van der Waals surface area contributed by atoms with Crippen molar-refractivity contribution in [3.8, 4) is 22.6 Å². The van der Waals surface area contributed by atoms with Crippen LogP contribution in [0.15, 0.2) is 49.1 Å². The van der Waals surface area contributed by atoms with Gasteiger partial charge in [0.15, 0.2) is 0 Å². The van der Waals surface area contributed by atoms with Gasteiger partial charge in [-0.15, -0.1) is 0 Å². The number of fused-ring (bicyclic) bond motifs is 1. The summed E-state index contributed by atoms with van der Waals surface area (Å²) in [5.41, 5.74) is 4.53. The van der Waals surface area contributed by atoms with Gasteiger partial charge in [-0.1, -0.05) is 0 Å². The Kier molecular flexibility index (Phi) is 4.93. The summed E-state index contributed by atoms with van der Waals surface area (Å²) in [4.78, 5) is 18.7. The fourth-order valence-corrected chi connectivity index (χ4v) is 4.81. The van der Waals surface area contributed by atoms with E-state index < -0.39 is 0 Å². The standard InChI is InChI=1S/C25H26FN7/c1-16-13-32(15-28-16)14-20-9-10-22-31-23(17-5-7-18(26)8-6-17)24(33(20)22)21-11-12-27-25(30-21)29-19-3-2-4-19/h5-8,11-13,15,19-20H,2-4,9-10,14H2,1H3,(H,27,29,30). The number of aryl methyl sites for hydroxylation is 2. The zero-order valence-corrected chi connectivity index (χ0v) is 18.6. The fraction of sp³-hybridized carbons (Fsp3) is 0.360. The molecule has 1 atom stereocenters. The second-order valence-corrected chi connectivity index (χ2v) is 9.04. The highest BCUT2D eigenvalue weighted by Crippen LogP contribution is 2.40. The van der Waals surface area contributed by atoms with Crippen molar-refractivity contribution in [1.29, 1.82) is 0 Å². The van der Waals surface area contributed by atoms with Crippen molar-refractivity contribution in [2.75, 3.05) is 5.32 Å². The number of halogens is 1. The van der Waals surface area contributed by atoms with Crippen molar-refractivity contribution in [2.45, 2.75) is 57.7 Å². The van der Waals surface area contributed by atoms with Crippen LogP contribution in [0.4, 0.5) is 10.3 Å². The first-order chi connectivity index (χ1) is 16.1. The summed E-state index contributed by atoms with van der Waals surface area (Å²) in [6.45, 7) is 2.82. The molecule has 0 amide bonds. The van der Waals surface area contributed by atoms with Crippen LogP contribution in [0.5, 0.6) is 0 Å². The van der Waals surface area contributed by atoms with Crippen LogP contribution in [-0.2, 0) is 13.0 Å². The summed E-state index contributed by atoms with van der Waals surface area (Å²) in [6, 6.07) is 9.19. The number of nitrogens with zero attached hydrogens (tertiary/aromatic N) is 6. The van der Waals surface area contributed by atoms with E-state index in [2.05, 4.69) is 30.6 Å². The van der Waals surface area contributed by atoms with Gasteiger partial charge in [-0.05, 0) is 62.9 Å². The molecule has 1 fully saturated rings. The maximum atomic E-state index is 13.6. The molecule has 0 saturated heterocycles. The van der Waals surface area contributed by atoms with E-state index in [1.807, 2.05) is 19.3 Å². The lowest BCUT2D eigenvalue weighted by Crippen LogP contribution is -2.28. The highest BCUT2D eigenvalue weighted by Gasteiger charge is 2.31. The Hall–Kier alpha value is -3.55. The summed E-state index contributed by atoms with van der Waals surface area (Å²) < 4.78 is 18.1.